The van der Waals surface area contributed by atoms with Crippen LogP contribution in [0.4, 0.5) is 0 Å². The normalized spacial score (nSPS) is 29.9. The average molecular weight is 368 g/mol. The van der Waals surface area contributed by atoms with Gasteiger partial charge in [-0.25, -0.2) is 0 Å². The van der Waals surface area contributed by atoms with Crippen LogP contribution in [0.15, 0.2) is 24.3 Å². The van der Waals surface area contributed by atoms with Crippen molar-refractivity contribution in [1.29, 1.82) is 0 Å². The van der Waals surface area contributed by atoms with Crippen LogP contribution in [0.1, 0.15) is 74.1 Å². The van der Waals surface area contributed by atoms with E-state index in [9.17, 15) is 14.4 Å². The Kier molecular flexibility index (Phi) is 3.99. The van der Waals surface area contributed by atoms with E-state index in [0.29, 0.717) is 17.5 Å². The first-order valence-electron chi connectivity index (χ1n) is 9.93. The SMILES string of the molecule is CC[C@@H](C(=O)N1C[C@]2(C)C[C@H]1CC(C)(C)C2)N1C(=O)c2ccccc2C1=O. The molecule has 1 aromatic carbocycles. The van der Waals surface area contributed by atoms with E-state index in [4.69, 9.17) is 0 Å². The number of likely N-dealkylation sites (tertiary alicyclic amines) is 1. The Morgan fingerprint density at radius 3 is 2.26 bits per heavy atom. The molecular formula is C22H28N2O3. The summed E-state index contributed by atoms with van der Waals surface area (Å²) in [5.41, 5.74) is 1.15. The molecule has 0 spiro atoms. The van der Waals surface area contributed by atoms with E-state index in [-0.39, 0.29) is 34.6 Å². The number of amides is 3. The first-order valence-corrected chi connectivity index (χ1v) is 9.93. The molecule has 0 radical (unpaired) electrons. The van der Waals surface area contributed by atoms with Gasteiger partial charge in [0.05, 0.1) is 11.1 Å². The third-order valence-electron chi connectivity index (χ3n) is 6.51. The second-order valence-electron chi connectivity index (χ2n) is 9.63. The summed E-state index contributed by atoms with van der Waals surface area (Å²) in [6.07, 6.45) is 3.53. The summed E-state index contributed by atoms with van der Waals surface area (Å²) in [4.78, 5) is 42.4. The summed E-state index contributed by atoms with van der Waals surface area (Å²) in [7, 11) is 0. The molecule has 0 N–H and O–H groups in total. The van der Waals surface area contributed by atoms with E-state index in [0.717, 1.165) is 25.8 Å². The van der Waals surface area contributed by atoms with Crippen molar-refractivity contribution in [3.63, 3.8) is 0 Å². The Labute approximate surface area is 160 Å². The van der Waals surface area contributed by atoms with E-state index < -0.39 is 6.04 Å². The van der Waals surface area contributed by atoms with Crippen molar-refractivity contribution in [3.8, 4) is 0 Å². The van der Waals surface area contributed by atoms with Crippen molar-refractivity contribution in [1.82, 2.24) is 9.80 Å². The number of fused-ring (bicyclic) bond motifs is 3. The Hall–Kier alpha value is -2.17. The van der Waals surface area contributed by atoms with Gasteiger partial charge in [-0.1, -0.05) is 39.8 Å². The number of imide groups is 1. The second kappa shape index (κ2) is 5.91. The van der Waals surface area contributed by atoms with Crippen molar-refractivity contribution < 1.29 is 14.4 Å². The number of hydrogen-bond acceptors (Lipinski definition) is 3. The molecular weight excluding hydrogens is 340 g/mol. The van der Waals surface area contributed by atoms with E-state index in [2.05, 4.69) is 20.8 Å². The molecule has 3 atom stereocenters. The topological polar surface area (TPSA) is 57.7 Å². The van der Waals surface area contributed by atoms with Crippen LogP contribution < -0.4 is 0 Å². The van der Waals surface area contributed by atoms with Gasteiger partial charge in [-0.05, 0) is 48.6 Å². The van der Waals surface area contributed by atoms with Crippen molar-refractivity contribution >= 4 is 17.7 Å². The lowest BCUT2D eigenvalue weighted by molar-refractivity contribution is -0.136. The third-order valence-corrected chi connectivity index (χ3v) is 6.51. The molecule has 4 rings (SSSR count). The van der Waals surface area contributed by atoms with Gasteiger partial charge >= 0.3 is 0 Å². The lowest BCUT2D eigenvalue weighted by Gasteiger charge is -2.39. The van der Waals surface area contributed by atoms with Gasteiger partial charge in [-0.15, -0.1) is 0 Å². The summed E-state index contributed by atoms with van der Waals surface area (Å²) in [6.45, 7) is 9.40. The van der Waals surface area contributed by atoms with Gasteiger partial charge in [0.15, 0.2) is 0 Å². The molecule has 1 aliphatic carbocycles. The van der Waals surface area contributed by atoms with Crippen LogP contribution in [0, 0.1) is 10.8 Å². The molecule has 27 heavy (non-hydrogen) atoms. The molecule has 2 aliphatic heterocycles. The van der Waals surface area contributed by atoms with E-state index in [1.807, 2.05) is 11.8 Å². The largest absolute Gasteiger partial charge is 0.337 e. The van der Waals surface area contributed by atoms with Gasteiger partial charge in [0.2, 0.25) is 5.91 Å². The zero-order valence-corrected chi connectivity index (χ0v) is 16.6. The van der Waals surface area contributed by atoms with Gasteiger partial charge in [-0.2, -0.15) is 0 Å². The molecule has 1 saturated carbocycles. The van der Waals surface area contributed by atoms with Crippen molar-refractivity contribution in [2.45, 2.75) is 65.5 Å². The van der Waals surface area contributed by atoms with Crippen LogP contribution >= 0.6 is 0 Å². The lowest BCUT2D eigenvalue weighted by Crippen LogP contribution is -2.52. The highest BCUT2D eigenvalue weighted by Crippen LogP contribution is 2.52. The van der Waals surface area contributed by atoms with Gasteiger partial charge in [-0.3, -0.25) is 19.3 Å². The summed E-state index contributed by atoms with van der Waals surface area (Å²) >= 11 is 0. The molecule has 2 heterocycles. The maximum atomic E-state index is 13.5. The van der Waals surface area contributed by atoms with Crippen molar-refractivity contribution in [3.05, 3.63) is 35.4 Å². The third kappa shape index (κ3) is 2.79. The molecule has 0 unspecified atom stereocenters. The van der Waals surface area contributed by atoms with Gasteiger partial charge in [0.25, 0.3) is 11.8 Å². The standard InChI is InChI=1S/C22H28N2O3/c1-5-17(24-18(25)15-8-6-7-9-16(15)19(24)26)20(27)23-13-22(4)11-14(23)10-21(2,3)12-22/h6-9,14,17H,5,10-13H2,1-4H3/t14-,17+,22-/m1/s1. The van der Waals surface area contributed by atoms with Crippen LogP contribution in [0.5, 0.6) is 0 Å². The molecule has 2 fully saturated rings. The number of nitrogens with zero attached hydrogens (tertiary/aromatic N) is 2. The summed E-state index contributed by atoms with van der Waals surface area (Å²) < 4.78 is 0. The number of carbonyl (C=O) groups is 3. The second-order valence-corrected chi connectivity index (χ2v) is 9.63. The zero-order valence-electron chi connectivity index (χ0n) is 16.6. The molecule has 1 aromatic rings. The zero-order chi connectivity index (χ0) is 19.6. The Balaban J connectivity index is 1.62. The monoisotopic (exact) mass is 368 g/mol. The van der Waals surface area contributed by atoms with Gasteiger partial charge < -0.3 is 4.90 Å². The van der Waals surface area contributed by atoms with E-state index in [1.54, 1.807) is 24.3 Å². The maximum absolute atomic E-state index is 13.5. The van der Waals surface area contributed by atoms with Crippen LogP contribution in [0.2, 0.25) is 0 Å². The van der Waals surface area contributed by atoms with Crippen molar-refractivity contribution in [2.75, 3.05) is 6.54 Å². The number of benzene rings is 1. The highest BCUT2D eigenvalue weighted by molar-refractivity contribution is 6.22. The molecule has 0 aromatic heterocycles. The fraction of sp³-hybridized carbons (Fsp3) is 0.591. The predicted octanol–water partition coefficient (Wildman–Crippen LogP) is 3.49. The lowest BCUT2D eigenvalue weighted by atomic mass is 9.65. The van der Waals surface area contributed by atoms with Crippen LogP contribution in [0.25, 0.3) is 0 Å². The number of rotatable bonds is 3. The highest BCUT2D eigenvalue weighted by Gasteiger charge is 2.53. The molecule has 1 saturated heterocycles. The molecule has 5 nitrogen and oxygen atoms in total. The summed E-state index contributed by atoms with van der Waals surface area (Å²) in [6, 6.07) is 6.32. The molecule has 144 valence electrons. The Morgan fingerprint density at radius 2 is 1.70 bits per heavy atom. The van der Waals surface area contributed by atoms with Crippen LogP contribution in [-0.2, 0) is 4.79 Å². The smallest absolute Gasteiger partial charge is 0.262 e. The first-order chi connectivity index (χ1) is 12.7. The van der Waals surface area contributed by atoms with Crippen molar-refractivity contribution in [2.24, 2.45) is 10.8 Å². The Bertz CT molecular complexity index is 796. The first kappa shape index (κ1) is 18.2. The fourth-order valence-corrected chi connectivity index (χ4v) is 5.87. The number of carbonyl (C=O) groups excluding carboxylic acids is 3. The van der Waals surface area contributed by atoms with E-state index in [1.165, 1.54) is 4.90 Å². The van der Waals surface area contributed by atoms with E-state index >= 15 is 0 Å². The predicted molar refractivity (Wildman–Crippen MR) is 102 cm³/mol. The minimum absolute atomic E-state index is 0.0709. The molecule has 2 bridgehead atoms. The van der Waals surface area contributed by atoms with Crippen LogP contribution in [-0.4, -0.2) is 46.1 Å². The molecule has 5 heteroatoms. The molecule has 3 aliphatic rings. The quantitative estimate of drug-likeness (QED) is 0.768. The van der Waals surface area contributed by atoms with Crippen LogP contribution in [0.3, 0.4) is 0 Å². The minimum Gasteiger partial charge on any atom is -0.337 e. The average Bonchev–Trinajstić information content (AvgIpc) is 3.00. The number of hydrogen-bond donors (Lipinski definition) is 0. The minimum atomic E-state index is -0.719. The molecule has 3 amide bonds. The van der Waals surface area contributed by atoms with Gasteiger partial charge in [0, 0.05) is 12.6 Å². The fourth-order valence-electron chi connectivity index (χ4n) is 5.87. The van der Waals surface area contributed by atoms with Gasteiger partial charge in [0.1, 0.15) is 6.04 Å². The summed E-state index contributed by atoms with van der Waals surface area (Å²) in [5, 5.41) is 0. The summed E-state index contributed by atoms with van der Waals surface area (Å²) in [5.74, 6) is -0.757. The Morgan fingerprint density at radius 1 is 1.11 bits per heavy atom. The highest BCUT2D eigenvalue weighted by atomic mass is 16.2. The maximum Gasteiger partial charge on any atom is 0.262 e.